The summed E-state index contributed by atoms with van der Waals surface area (Å²) in [5, 5.41) is 0.830. The van der Waals surface area contributed by atoms with Crippen LogP contribution >= 0.6 is 0 Å². The maximum absolute atomic E-state index is 12.2. The monoisotopic (exact) mass is 336 g/mol. The molecule has 0 saturated carbocycles. The Morgan fingerprint density at radius 3 is 2.16 bits per heavy atom. The first-order valence-electron chi connectivity index (χ1n) is 8.04. The van der Waals surface area contributed by atoms with E-state index in [4.69, 9.17) is 4.42 Å². The van der Waals surface area contributed by atoms with Gasteiger partial charge in [0, 0.05) is 10.9 Å². The van der Waals surface area contributed by atoms with Gasteiger partial charge in [0.05, 0.1) is 0 Å². The van der Waals surface area contributed by atoms with E-state index in [1.165, 1.54) is 0 Å². The second kappa shape index (κ2) is 6.43. The van der Waals surface area contributed by atoms with Crippen LogP contribution in [0.15, 0.2) is 59.0 Å². The lowest BCUT2D eigenvalue weighted by Gasteiger charge is -2.19. The lowest BCUT2D eigenvalue weighted by molar-refractivity contribution is 0.0832. The van der Waals surface area contributed by atoms with Gasteiger partial charge in [0.1, 0.15) is 5.58 Å². The Morgan fingerprint density at radius 1 is 0.880 bits per heavy atom. The van der Waals surface area contributed by atoms with Crippen molar-refractivity contribution in [2.45, 2.75) is 26.2 Å². The van der Waals surface area contributed by atoms with Crippen LogP contribution < -0.4 is 10.9 Å². The van der Waals surface area contributed by atoms with Crippen molar-refractivity contribution in [1.82, 2.24) is 10.9 Å². The third-order valence-electron chi connectivity index (χ3n) is 3.95. The number of carbonyl (C=O) groups excluding carboxylic acids is 2. The molecule has 0 aliphatic heterocycles. The predicted octanol–water partition coefficient (Wildman–Crippen LogP) is 3.81. The van der Waals surface area contributed by atoms with E-state index in [2.05, 4.69) is 31.6 Å². The number of para-hydroxylation sites is 1. The number of nitrogens with one attached hydrogen (secondary N) is 2. The summed E-state index contributed by atoms with van der Waals surface area (Å²) in [5.74, 6) is -0.745. The Morgan fingerprint density at radius 2 is 1.52 bits per heavy atom. The summed E-state index contributed by atoms with van der Waals surface area (Å²) in [5.41, 5.74) is 7.02. The number of fused-ring (bicyclic) bond motifs is 1. The summed E-state index contributed by atoms with van der Waals surface area (Å²) in [4.78, 5) is 24.3. The van der Waals surface area contributed by atoms with E-state index in [9.17, 15) is 9.59 Å². The normalized spacial score (nSPS) is 11.3. The Labute approximate surface area is 146 Å². The lowest BCUT2D eigenvalue weighted by atomic mass is 9.87. The third-order valence-corrected chi connectivity index (χ3v) is 3.95. The number of amides is 2. The van der Waals surface area contributed by atoms with Crippen LogP contribution in [0, 0.1) is 0 Å². The first-order valence-corrected chi connectivity index (χ1v) is 8.04. The number of furan rings is 1. The second-order valence-corrected chi connectivity index (χ2v) is 6.88. The Kier molecular flexibility index (Phi) is 4.31. The van der Waals surface area contributed by atoms with Crippen molar-refractivity contribution < 1.29 is 14.0 Å². The van der Waals surface area contributed by atoms with Crippen molar-refractivity contribution in [3.8, 4) is 0 Å². The average Bonchev–Trinajstić information content (AvgIpc) is 3.03. The van der Waals surface area contributed by atoms with Crippen LogP contribution in [0.4, 0.5) is 0 Å². The molecule has 1 heterocycles. The van der Waals surface area contributed by atoms with Gasteiger partial charge in [-0.15, -0.1) is 0 Å². The standard InChI is InChI=1S/C20H20N2O3/c1-20(2,3)15-10-8-13(9-11-15)18(23)21-22-19(24)17-12-14-6-4-5-7-16(14)25-17/h4-12H,1-3H3,(H,21,23)(H,22,24). The Hall–Kier alpha value is -3.08. The van der Waals surface area contributed by atoms with E-state index in [-0.39, 0.29) is 17.1 Å². The molecular formula is C20H20N2O3. The molecule has 2 N–H and O–H groups in total. The lowest BCUT2D eigenvalue weighted by Crippen LogP contribution is -2.41. The van der Waals surface area contributed by atoms with Crippen LogP contribution in [0.1, 0.15) is 47.2 Å². The minimum atomic E-state index is -0.504. The van der Waals surface area contributed by atoms with E-state index >= 15 is 0 Å². The molecule has 0 fully saturated rings. The number of rotatable bonds is 2. The average molecular weight is 336 g/mol. The smallest absolute Gasteiger partial charge is 0.305 e. The first-order chi connectivity index (χ1) is 11.8. The number of hydrazine groups is 1. The molecule has 5 heteroatoms. The fourth-order valence-corrected chi connectivity index (χ4v) is 2.46. The fourth-order valence-electron chi connectivity index (χ4n) is 2.46. The molecule has 0 aliphatic rings. The van der Waals surface area contributed by atoms with Crippen molar-refractivity contribution in [2.24, 2.45) is 0 Å². The molecule has 2 amide bonds. The largest absolute Gasteiger partial charge is 0.451 e. The SMILES string of the molecule is CC(C)(C)c1ccc(C(=O)NNC(=O)c2cc3ccccc3o2)cc1. The van der Waals surface area contributed by atoms with Gasteiger partial charge >= 0.3 is 5.91 Å². The van der Waals surface area contributed by atoms with Crippen LogP contribution in [0.3, 0.4) is 0 Å². The molecule has 2 aromatic carbocycles. The van der Waals surface area contributed by atoms with E-state index in [1.54, 1.807) is 24.3 Å². The summed E-state index contributed by atoms with van der Waals surface area (Å²) in [6.45, 7) is 6.32. The Bertz CT molecular complexity index is 885. The zero-order valence-electron chi connectivity index (χ0n) is 14.4. The zero-order valence-corrected chi connectivity index (χ0v) is 14.4. The van der Waals surface area contributed by atoms with Crippen LogP contribution in [0.25, 0.3) is 11.0 Å². The van der Waals surface area contributed by atoms with Gasteiger partial charge in [-0.25, -0.2) is 0 Å². The molecule has 0 saturated heterocycles. The van der Waals surface area contributed by atoms with Crippen molar-refractivity contribution in [3.63, 3.8) is 0 Å². The summed E-state index contributed by atoms with van der Waals surface area (Å²) in [6, 6.07) is 16.3. The van der Waals surface area contributed by atoms with Crippen molar-refractivity contribution in [2.75, 3.05) is 0 Å². The Balaban J connectivity index is 1.64. The topological polar surface area (TPSA) is 71.3 Å². The number of hydrogen-bond donors (Lipinski definition) is 2. The van der Waals surface area contributed by atoms with Gasteiger partial charge in [0.2, 0.25) is 0 Å². The summed E-state index contributed by atoms with van der Waals surface area (Å²) in [7, 11) is 0. The molecule has 1 aromatic heterocycles. The maximum atomic E-state index is 12.2. The highest BCUT2D eigenvalue weighted by molar-refractivity contribution is 5.99. The zero-order chi connectivity index (χ0) is 18.0. The molecule has 0 bridgehead atoms. The minimum absolute atomic E-state index is 0.0184. The highest BCUT2D eigenvalue weighted by Crippen LogP contribution is 2.22. The maximum Gasteiger partial charge on any atom is 0.305 e. The van der Waals surface area contributed by atoms with E-state index < -0.39 is 5.91 Å². The third kappa shape index (κ3) is 3.71. The number of carbonyl (C=O) groups is 2. The van der Waals surface area contributed by atoms with Gasteiger partial charge < -0.3 is 4.42 Å². The van der Waals surface area contributed by atoms with Gasteiger partial charge in [-0.05, 0) is 35.2 Å². The molecule has 0 aliphatic carbocycles. The molecule has 0 unspecified atom stereocenters. The van der Waals surface area contributed by atoms with Crippen LogP contribution in [0.2, 0.25) is 0 Å². The molecule has 128 valence electrons. The summed E-state index contributed by atoms with van der Waals surface area (Å²) < 4.78 is 5.46. The molecule has 0 spiro atoms. The van der Waals surface area contributed by atoms with Crippen molar-refractivity contribution in [1.29, 1.82) is 0 Å². The van der Waals surface area contributed by atoms with Gasteiger partial charge in [-0.3, -0.25) is 20.4 Å². The molecular weight excluding hydrogens is 316 g/mol. The summed E-state index contributed by atoms with van der Waals surface area (Å²) >= 11 is 0. The minimum Gasteiger partial charge on any atom is -0.451 e. The van der Waals surface area contributed by atoms with Gasteiger partial charge in [-0.1, -0.05) is 51.1 Å². The van der Waals surface area contributed by atoms with Gasteiger partial charge in [0.25, 0.3) is 5.91 Å². The molecule has 0 atom stereocenters. The predicted molar refractivity (Wildman–Crippen MR) is 96.3 cm³/mol. The molecule has 3 aromatic rings. The van der Waals surface area contributed by atoms with Crippen LogP contribution in [0.5, 0.6) is 0 Å². The number of benzene rings is 2. The number of hydrogen-bond acceptors (Lipinski definition) is 3. The molecule has 5 nitrogen and oxygen atoms in total. The van der Waals surface area contributed by atoms with Crippen molar-refractivity contribution in [3.05, 3.63) is 71.5 Å². The van der Waals surface area contributed by atoms with Crippen LogP contribution in [-0.2, 0) is 5.41 Å². The van der Waals surface area contributed by atoms with E-state index in [0.29, 0.717) is 11.1 Å². The van der Waals surface area contributed by atoms with Crippen LogP contribution in [-0.4, -0.2) is 11.8 Å². The second-order valence-electron chi connectivity index (χ2n) is 6.88. The summed E-state index contributed by atoms with van der Waals surface area (Å²) in [6.07, 6.45) is 0. The molecule has 0 radical (unpaired) electrons. The quantitative estimate of drug-likeness (QED) is 0.699. The van der Waals surface area contributed by atoms with E-state index in [0.717, 1.165) is 10.9 Å². The fraction of sp³-hybridized carbons (Fsp3) is 0.200. The van der Waals surface area contributed by atoms with E-state index in [1.807, 2.05) is 30.3 Å². The first kappa shape index (κ1) is 16.8. The van der Waals surface area contributed by atoms with Gasteiger partial charge in [-0.2, -0.15) is 0 Å². The highest BCUT2D eigenvalue weighted by Gasteiger charge is 2.16. The van der Waals surface area contributed by atoms with Gasteiger partial charge in [0.15, 0.2) is 5.76 Å². The highest BCUT2D eigenvalue weighted by atomic mass is 16.3. The van der Waals surface area contributed by atoms with Crippen molar-refractivity contribution >= 4 is 22.8 Å². The molecule has 25 heavy (non-hydrogen) atoms. The molecule has 3 rings (SSSR count).